The summed E-state index contributed by atoms with van der Waals surface area (Å²) in [6.45, 7) is 0. The van der Waals surface area contributed by atoms with Crippen molar-refractivity contribution in [3.63, 3.8) is 0 Å². The van der Waals surface area contributed by atoms with Crippen molar-refractivity contribution in [2.75, 3.05) is 0 Å². The quantitative estimate of drug-likeness (QED) is 0.564. The summed E-state index contributed by atoms with van der Waals surface area (Å²) in [6.07, 6.45) is 0. The molecule has 0 aliphatic carbocycles. The number of phenols is 1. The van der Waals surface area contributed by atoms with Gasteiger partial charge < -0.3 is 10.1 Å². The van der Waals surface area contributed by atoms with Crippen LogP contribution in [0.15, 0.2) is 36.4 Å². The molecule has 2 aromatic carbocycles. The molecular weight excluding hydrogens is 292 g/mol. The van der Waals surface area contributed by atoms with Gasteiger partial charge in [0.2, 0.25) is 0 Å². The Balaban J connectivity index is 2.20. The number of H-pyrrole nitrogens is 1. The molecule has 1 aromatic heterocycles. The Morgan fingerprint density at radius 2 is 1.82 bits per heavy atom. The van der Waals surface area contributed by atoms with Gasteiger partial charge >= 0.3 is 0 Å². The number of aromatic amines is 1. The molecule has 0 spiro atoms. The average Bonchev–Trinajstić information content (AvgIpc) is 2.89. The number of nitrogens with zero attached hydrogens (tertiary/aromatic N) is 3. The lowest BCUT2D eigenvalue weighted by molar-refractivity contribution is -0.384. The summed E-state index contributed by atoms with van der Waals surface area (Å²) >= 11 is 0. The summed E-state index contributed by atoms with van der Waals surface area (Å²) in [7, 11) is 0. The van der Waals surface area contributed by atoms with E-state index in [4.69, 9.17) is 0 Å². The third-order valence-corrected chi connectivity index (χ3v) is 3.11. The normalized spacial score (nSPS) is 10.7. The number of aromatic nitrogens is 2. The number of fused-ring (bicyclic) bond motifs is 1. The van der Waals surface area contributed by atoms with Gasteiger partial charge in [-0.3, -0.25) is 20.2 Å². The smallest absolute Gasteiger partial charge is 0.280 e. The van der Waals surface area contributed by atoms with Crippen molar-refractivity contribution in [1.82, 2.24) is 9.97 Å². The number of non-ortho nitro benzene ring substituents is 1. The van der Waals surface area contributed by atoms with Gasteiger partial charge in [-0.2, -0.15) is 0 Å². The molecule has 0 amide bonds. The zero-order chi connectivity index (χ0) is 15.9. The molecule has 0 aliphatic rings. The number of nitrogens with one attached hydrogen (secondary N) is 1. The van der Waals surface area contributed by atoms with Gasteiger partial charge in [0, 0.05) is 18.2 Å². The summed E-state index contributed by atoms with van der Waals surface area (Å²) in [5.74, 6) is 0.00475. The van der Waals surface area contributed by atoms with Crippen LogP contribution in [0.5, 0.6) is 5.75 Å². The molecule has 0 bridgehead atoms. The van der Waals surface area contributed by atoms with Crippen LogP contribution in [0.3, 0.4) is 0 Å². The number of nitro benzene ring substituents is 2. The molecule has 0 fully saturated rings. The van der Waals surface area contributed by atoms with Crippen molar-refractivity contribution in [3.05, 3.63) is 56.6 Å². The molecule has 0 aliphatic heterocycles. The van der Waals surface area contributed by atoms with Gasteiger partial charge in [-0.25, -0.2) is 4.98 Å². The van der Waals surface area contributed by atoms with Crippen molar-refractivity contribution in [2.24, 2.45) is 0 Å². The van der Waals surface area contributed by atoms with E-state index in [1.165, 1.54) is 36.4 Å². The highest BCUT2D eigenvalue weighted by molar-refractivity contribution is 5.83. The van der Waals surface area contributed by atoms with E-state index in [9.17, 15) is 25.3 Å². The number of imidazole rings is 1. The number of rotatable bonds is 3. The maximum atomic E-state index is 11.1. The molecule has 1 heterocycles. The van der Waals surface area contributed by atoms with Crippen molar-refractivity contribution in [2.45, 2.75) is 0 Å². The van der Waals surface area contributed by atoms with Crippen molar-refractivity contribution in [3.8, 4) is 17.1 Å². The van der Waals surface area contributed by atoms with Crippen LogP contribution >= 0.6 is 0 Å². The zero-order valence-corrected chi connectivity index (χ0v) is 10.9. The van der Waals surface area contributed by atoms with Gasteiger partial charge in [-0.05, 0) is 18.2 Å². The van der Waals surface area contributed by atoms with E-state index in [-0.39, 0.29) is 28.5 Å². The van der Waals surface area contributed by atoms with Crippen LogP contribution in [0, 0.1) is 20.2 Å². The number of aromatic hydroxyl groups is 1. The Kier molecular flexibility index (Phi) is 2.95. The SMILES string of the molecule is O=[N+]([O-])c1ccc2nc(-c3cc(O)ccc3[N+](=O)[O-])[nH]c2c1. The predicted octanol–water partition coefficient (Wildman–Crippen LogP) is 2.75. The topological polar surface area (TPSA) is 135 Å². The zero-order valence-electron chi connectivity index (χ0n) is 10.9. The average molecular weight is 300 g/mol. The van der Waals surface area contributed by atoms with E-state index in [1.54, 1.807) is 0 Å². The summed E-state index contributed by atoms with van der Waals surface area (Å²) in [6, 6.07) is 7.62. The Morgan fingerprint density at radius 1 is 1.05 bits per heavy atom. The third-order valence-electron chi connectivity index (χ3n) is 3.11. The van der Waals surface area contributed by atoms with Crippen LogP contribution in [-0.2, 0) is 0 Å². The second-order valence-electron chi connectivity index (χ2n) is 4.50. The van der Waals surface area contributed by atoms with Gasteiger partial charge in [0.15, 0.2) is 0 Å². The maximum absolute atomic E-state index is 11.1. The molecule has 9 nitrogen and oxygen atoms in total. The van der Waals surface area contributed by atoms with Crippen LogP contribution in [0.25, 0.3) is 22.4 Å². The van der Waals surface area contributed by atoms with Gasteiger partial charge in [0.1, 0.15) is 11.6 Å². The van der Waals surface area contributed by atoms with E-state index in [1.807, 2.05) is 0 Å². The van der Waals surface area contributed by atoms with E-state index in [0.717, 1.165) is 0 Å². The molecule has 0 atom stereocenters. The van der Waals surface area contributed by atoms with Crippen molar-refractivity contribution in [1.29, 1.82) is 0 Å². The Morgan fingerprint density at radius 3 is 2.50 bits per heavy atom. The first-order valence-corrected chi connectivity index (χ1v) is 6.07. The van der Waals surface area contributed by atoms with E-state index < -0.39 is 9.85 Å². The minimum atomic E-state index is -0.593. The largest absolute Gasteiger partial charge is 0.508 e. The summed E-state index contributed by atoms with van der Waals surface area (Å²) in [4.78, 5) is 27.7. The number of benzene rings is 2. The number of nitro groups is 2. The van der Waals surface area contributed by atoms with Gasteiger partial charge in [-0.15, -0.1) is 0 Å². The fraction of sp³-hybridized carbons (Fsp3) is 0. The van der Waals surface area contributed by atoms with E-state index in [0.29, 0.717) is 11.0 Å². The maximum Gasteiger partial charge on any atom is 0.280 e. The molecular formula is C13H8N4O5. The summed E-state index contributed by atoms with van der Waals surface area (Å²) in [5, 5.41) is 31.3. The molecule has 0 radical (unpaired) electrons. The highest BCUT2D eigenvalue weighted by Gasteiger charge is 2.19. The molecule has 0 unspecified atom stereocenters. The lowest BCUT2D eigenvalue weighted by Gasteiger charge is -2.00. The molecule has 0 saturated carbocycles. The molecule has 9 heteroatoms. The van der Waals surface area contributed by atoms with Crippen LogP contribution in [0.2, 0.25) is 0 Å². The van der Waals surface area contributed by atoms with Crippen LogP contribution < -0.4 is 0 Å². The Bertz CT molecular complexity index is 918. The van der Waals surface area contributed by atoms with Crippen molar-refractivity contribution >= 4 is 22.4 Å². The first-order valence-electron chi connectivity index (χ1n) is 6.07. The van der Waals surface area contributed by atoms with Crippen molar-refractivity contribution < 1.29 is 15.0 Å². The van der Waals surface area contributed by atoms with Gasteiger partial charge in [0.05, 0.1) is 26.4 Å². The fourth-order valence-electron chi connectivity index (χ4n) is 2.11. The second kappa shape index (κ2) is 4.81. The highest BCUT2D eigenvalue weighted by Crippen LogP contribution is 2.32. The van der Waals surface area contributed by atoms with E-state index in [2.05, 4.69) is 9.97 Å². The molecule has 22 heavy (non-hydrogen) atoms. The standard InChI is InChI=1S/C13H8N4O5/c18-8-2-4-12(17(21)22)9(6-8)13-14-10-3-1-7(16(19)20)5-11(10)15-13/h1-6,18H,(H,14,15). The lowest BCUT2D eigenvalue weighted by Crippen LogP contribution is -1.92. The number of hydrogen-bond donors (Lipinski definition) is 2. The Hall–Kier alpha value is -3.49. The lowest BCUT2D eigenvalue weighted by atomic mass is 10.1. The van der Waals surface area contributed by atoms with Gasteiger partial charge in [0.25, 0.3) is 11.4 Å². The third kappa shape index (κ3) is 2.20. The summed E-state index contributed by atoms with van der Waals surface area (Å²) in [5.41, 5.74) is 0.559. The molecule has 3 aromatic rings. The first kappa shape index (κ1) is 13.5. The highest BCUT2D eigenvalue weighted by atomic mass is 16.6. The van der Waals surface area contributed by atoms with Gasteiger partial charge in [-0.1, -0.05) is 0 Å². The molecule has 3 rings (SSSR count). The van der Waals surface area contributed by atoms with E-state index >= 15 is 0 Å². The minimum Gasteiger partial charge on any atom is -0.508 e. The number of hydrogen-bond acceptors (Lipinski definition) is 6. The molecule has 110 valence electrons. The predicted molar refractivity (Wildman–Crippen MR) is 76.5 cm³/mol. The van der Waals surface area contributed by atoms with Crippen LogP contribution in [-0.4, -0.2) is 24.9 Å². The fourth-order valence-corrected chi connectivity index (χ4v) is 2.11. The number of phenolic OH excluding ortho intramolecular Hbond substituents is 1. The minimum absolute atomic E-state index is 0.101. The summed E-state index contributed by atoms with van der Waals surface area (Å²) < 4.78 is 0. The van der Waals surface area contributed by atoms with Crippen LogP contribution in [0.1, 0.15) is 0 Å². The van der Waals surface area contributed by atoms with Crippen LogP contribution in [0.4, 0.5) is 11.4 Å². The monoisotopic (exact) mass is 300 g/mol. The Labute approximate surface area is 122 Å². The molecule has 0 saturated heterocycles. The first-order chi connectivity index (χ1) is 10.5. The second-order valence-corrected chi connectivity index (χ2v) is 4.50. The molecule has 2 N–H and O–H groups in total.